The van der Waals surface area contributed by atoms with Crippen LogP contribution < -0.4 is 4.90 Å². The molecular weight excluding hydrogens is 429 g/mol. The fourth-order valence-corrected chi connectivity index (χ4v) is 5.10. The molecule has 2 saturated heterocycles. The van der Waals surface area contributed by atoms with Crippen molar-refractivity contribution in [1.82, 2.24) is 14.9 Å². The van der Waals surface area contributed by atoms with Crippen LogP contribution in [-0.4, -0.2) is 72.1 Å². The summed E-state index contributed by atoms with van der Waals surface area (Å²) in [6.07, 6.45) is -3.29. The smallest absolute Gasteiger partial charge is 0.410 e. The third-order valence-corrected chi connectivity index (χ3v) is 11.1. The minimum Gasteiger partial charge on any atom is -0.410 e. The molecule has 3 rings (SSSR count). The van der Waals surface area contributed by atoms with Crippen molar-refractivity contribution in [3.63, 3.8) is 0 Å². The molecule has 1 aromatic rings. The average molecular weight is 461 g/mol. The Kier molecular flexibility index (Phi) is 6.42. The maximum atomic E-state index is 12.8. The second-order valence-corrected chi connectivity index (χ2v) is 14.6. The number of nitrogens with zero attached hydrogens (tertiary/aromatic N) is 4. The number of likely N-dealkylation sites (tertiary alicyclic amines) is 1. The van der Waals surface area contributed by atoms with Gasteiger partial charge in [-0.15, -0.1) is 0 Å². The summed E-state index contributed by atoms with van der Waals surface area (Å²) in [4.78, 5) is 23.9. The molecule has 1 aromatic heterocycles. The topological polar surface area (TPSA) is 78.8 Å². The molecule has 1 amide bonds. The van der Waals surface area contributed by atoms with E-state index in [0.717, 1.165) is 12.4 Å². The van der Waals surface area contributed by atoms with Gasteiger partial charge in [0, 0.05) is 32.0 Å². The highest BCUT2D eigenvalue weighted by atomic mass is 28.4. The van der Waals surface area contributed by atoms with E-state index in [4.69, 9.17) is 4.43 Å². The maximum Gasteiger partial charge on any atom is 0.419 e. The molecule has 3 heterocycles. The number of amides is 1. The van der Waals surface area contributed by atoms with E-state index >= 15 is 0 Å². The molecule has 1 N–H and O–H groups in total. The van der Waals surface area contributed by atoms with Gasteiger partial charge < -0.3 is 19.3 Å². The molecule has 31 heavy (non-hydrogen) atoms. The average Bonchev–Trinajstić information content (AvgIpc) is 2.99. The van der Waals surface area contributed by atoms with Gasteiger partial charge in [-0.1, -0.05) is 20.8 Å². The zero-order valence-corrected chi connectivity index (χ0v) is 19.6. The lowest BCUT2D eigenvalue weighted by atomic mass is 10.0. The minimum absolute atomic E-state index is 0.0563. The highest BCUT2D eigenvalue weighted by Crippen LogP contribution is 2.39. The van der Waals surface area contributed by atoms with Gasteiger partial charge in [0.25, 0.3) is 5.91 Å². The molecule has 2 aliphatic heterocycles. The van der Waals surface area contributed by atoms with Crippen molar-refractivity contribution in [3.05, 3.63) is 18.0 Å². The number of halogens is 3. The summed E-state index contributed by atoms with van der Waals surface area (Å²) in [6.45, 7) is 11.9. The summed E-state index contributed by atoms with van der Waals surface area (Å²) in [5.41, 5.74) is -0.892. The number of anilines is 1. The van der Waals surface area contributed by atoms with Crippen molar-refractivity contribution < 1.29 is 27.5 Å². The third-order valence-electron chi connectivity index (χ3n) is 6.64. The molecule has 174 valence electrons. The summed E-state index contributed by atoms with van der Waals surface area (Å²) in [7, 11) is -2.21. The van der Waals surface area contributed by atoms with Gasteiger partial charge in [-0.3, -0.25) is 4.79 Å². The van der Waals surface area contributed by atoms with E-state index in [1.807, 2.05) is 4.90 Å². The van der Waals surface area contributed by atoms with E-state index in [0.29, 0.717) is 32.5 Å². The standard InChI is InChI=1S/C20H31F3N4O3Si/c1-19(2,3)31(4,5)30-16-12-26(18-24-10-13(11-25-18)20(21,22)23)8-6-14(16)27-9-7-15(28)17(27)29/h10-11,14-16,28H,6-9,12H2,1-5H3/t14-,15?,16+/m0/s1. The number of aromatic nitrogens is 2. The van der Waals surface area contributed by atoms with E-state index in [1.54, 1.807) is 4.90 Å². The molecule has 0 saturated carbocycles. The first-order valence-electron chi connectivity index (χ1n) is 10.5. The number of hydrogen-bond acceptors (Lipinski definition) is 6. The van der Waals surface area contributed by atoms with Crippen molar-refractivity contribution in [3.8, 4) is 0 Å². The van der Waals surface area contributed by atoms with Crippen LogP contribution in [0.1, 0.15) is 39.2 Å². The number of aliphatic hydroxyl groups is 1. The van der Waals surface area contributed by atoms with Crippen LogP contribution in [0.2, 0.25) is 18.1 Å². The number of carbonyl (C=O) groups is 1. The van der Waals surface area contributed by atoms with Crippen molar-refractivity contribution >= 4 is 20.2 Å². The number of rotatable bonds is 4. The normalized spacial score (nSPS) is 26.0. The van der Waals surface area contributed by atoms with Crippen LogP contribution in [0.5, 0.6) is 0 Å². The van der Waals surface area contributed by atoms with Gasteiger partial charge in [-0.25, -0.2) is 9.97 Å². The first-order chi connectivity index (χ1) is 14.2. The lowest BCUT2D eigenvalue weighted by molar-refractivity contribution is -0.139. The van der Waals surface area contributed by atoms with E-state index in [9.17, 15) is 23.1 Å². The van der Waals surface area contributed by atoms with E-state index in [-0.39, 0.29) is 29.0 Å². The first kappa shape index (κ1) is 23.9. The molecule has 2 aliphatic rings. The van der Waals surface area contributed by atoms with Gasteiger partial charge in [-0.2, -0.15) is 13.2 Å². The Morgan fingerprint density at radius 3 is 2.23 bits per heavy atom. The minimum atomic E-state index is -4.49. The first-order valence-corrected chi connectivity index (χ1v) is 13.4. The molecule has 0 bridgehead atoms. The van der Waals surface area contributed by atoms with Crippen molar-refractivity contribution in [2.45, 2.75) is 76.2 Å². The van der Waals surface area contributed by atoms with Crippen LogP contribution in [0.3, 0.4) is 0 Å². The quantitative estimate of drug-likeness (QED) is 0.696. The van der Waals surface area contributed by atoms with E-state index in [2.05, 4.69) is 43.8 Å². The maximum absolute atomic E-state index is 12.8. The molecule has 0 aromatic carbocycles. The Bertz CT molecular complexity index is 798. The lowest BCUT2D eigenvalue weighted by Crippen LogP contribution is -2.60. The Hall–Kier alpha value is -1.72. The van der Waals surface area contributed by atoms with Gasteiger partial charge in [0.15, 0.2) is 8.32 Å². The largest absolute Gasteiger partial charge is 0.419 e. The Morgan fingerprint density at radius 1 is 1.13 bits per heavy atom. The molecule has 0 aliphatic carbocycles. The summed E-state index contributed by atoms with van der Waals surface area (Å²) < 4.78 is 45.2. The zero-order valence-electron chi connectivity index (χ0n) is 18.6. The molecule has 0 spiro atoms. The predicted octanol–water partition coefficient (Wildman–Crippen LogP) is 3.06. The molecule has 3 atom stereocenters. The van der Waals surface area contributed by atoms with Crippen LogP contribution in [0.4, 0.5) is 19.1 Å². The van der Waals surface area contributed by atoms with Gasteiger partial charge in [0.1, 0.15) is 6.10 Å². The molecule has 1 unspecified atom stereocenters. The van der Waals surface area contributed by atoms with E-state index in [1.165, 1.54) is 0 Å². The second kappa shape index (κ2) is 8.32. The van der Waals surface area contributed by atoms with Crippen LogP contribution in [0.15, 0.2) is 12.4 Å². The van der Waals surface area contributed by atoms with Crippen molar-refractivity contribution in [1.29, 1.82) is 0 Å². The second-order valence-electron chi connectivity index (χ2n) is 9.82. The summed E-state index contributed by atoms with van der Waals surface area (Å²) >= 11 is 0. The molecule has 7 nitrogen and oxygen atoms in total. The van der Waals surface area contributed by atoms with Gasteiger partial charge in [-0.05, 0) is 31.0 Å². The number of piperidine rings is 1. The van der Waals surface area contributed by atoms with Crippen LogP contribution >= 0.6 is 0 Å². The summed E-state index contributed by atoms with van der Waals surface area (Å²) in [5.74, 6) is -0.0730. The monoisotopic (exact) mass is 460 g/mol. The van der Waals surface area contributed by atoms with Crippen LogP contribution in [0.25, 0.3) is 0 Å². The fraction of sp³-hybridized carbons (Fsp3) is 0.750. The third kappa shape index (κ3) is 5.03. The van der Waals surface area contributed by atoms with Gasteiger partial charge in [0.2, 0.25) is 5.95 Å². The molecule has 0 radical (unpaired) electrons. The van der Waals surface area contributed by atoms with Gasteiger partial charge in [0.05, 0.1) is 17.7 Å². The number of aliphatic hydroxyl groups excluding tert-OH is 1. The van der Waals surface area contributed by atoms with E-state index < -0.39 is 26.2 Å². The molecule has 2 fully saturated rings. The van der Waals surface area contributed by atoms with Gasteiger partial charge >= 0.3 is 6.18 Å². The summed E-state index contributed by atoms with van der Waals surface area (Å²) in [5, 5.41) is 9.87. The number of alkyl halides is 3. The highest BCUT2D eigenvalue weighted by Gasteiger charge is 2.46. The Balaban J connectivity index is 1.84. The summed E-state index contributed by atoms with van der Waals surface area (Å²) in [6, 6.07) is -0.204. The predicted molar refractivity (Wildman–Crippen MR) is 112 cm³/mol. The molecule has 11 heteroatoms. The van der Waals surface area contributed by atoms with Crippen LogP contribution in [-0.2, 0) is 15.4 Å². The Labute approximate surface area is 181 Å². The SMILES string of the molecule is CC(C)(C)[Si](C)(C)O[C@@H]1CN(c2ncc(C(F)(F)F)cn2)CC[C@@H]1N1CCC(O)C1=O. The lowest BCUT2D eigenvalue weighted by Gasteiger charge is -2.47. The fourth-order valence-electron chi connectivity index (χ4n) is 3.76. The number of hydrogen-bond donors (Lipinski definition) is 1. The highest BCUT2D eigenvalue weighted by molar-refractivity contribution is 6.74. The number of carbonyl (C=O) groups excluding carboxylic acids is 1. The van der Waals surface area contributed by atoms with Crippen molar-refractivity contribution in [2.75, 3.05) is 24.5 Å². The van der Waals surface area contributed by atoms with Crippen molar-refractivity contribution in [2.24, 2.45) is 0 Å². The molecular formula is C20H31F3N4O3Si. The Morgan fingerprint density at radius 2 is 1.74 bits per heavy atom. The van der Waals surface area contributed by atoms with Crippen LogP contribution in [0, 0.1) is 0 Å². The zero-order chi connectivity index (χ0) is 23.2.